The molecule has 0 bridgehead atoms. The van der Waals surface area contributed by atoms with Crippen molar-refractivity contribution >= 4 is 22.6 Å². The van der Waals surface area contributed by atoms with Gasteiger partial charge in [-0.1, -0.05) is 12.8 Å². The Bertz CT molecular complexity index is 558. The maximum Gasteiger partial charge on any atom is 0.111 e. The third kappa shape index (κ3) is 2.36. The second kappa shape index (κ2) is 5.49. The lowest BCUT2D eigenvalue weighted by Gasteiger charge is -2.23. The quantitative estimate of drug-likeness (QED) is 0.792. The van der Waals surface area contributed by atoms with E-state index in [4.69, 9.17) is 16.6 Å². The minimum absolute atomic E-state index is 0.508. The van der Waals surface area contributed by atoms with Crippen LogP contribution in [-0.4, -0.2) is 20.4 Å². The van der Waals surface area contributed by atoms with Crippen LogP contribution in [-0.2, 0) is 6.42 Å². The molecule has 0 radical (unpaired) electrons. The summed E-state index contributed by atoms with van der Waals surface area (Å²) in [7, 11) is 0. The number of aromatic nitrogens is 3. The third-order valence-electron chi connectivity index (χ3n) is 4.37. The molecular weight excluding hydrogens is 258 g/mol. The van der Waals surface area contributed by atoms with Gasteiger partial charge in [0.2, 0.25) is 0 Å². The predicted molar refractivity (Wildman–Crippen MR) is 78.6 cm³/mol. The maximum atomic E-state index is 5.93. The summed E-state index contributed by atoms with van der Waals surface area (Å²) < 4.78 is 2.40. The van der Waals surface area contributed by atoms with Gasteiger partial charge in [0.25, 0.3) is 0 Å². The van der Waals surface area contributed by atoms with E-state index in [1.54, 1.807) is 0 Å². The minimum atomic E-state index is 0.508. The molecule has 1 unspecified atom stereocenters. The van der Waals surface area contributed by atoms with E-state index in [2.05, 4.69) is 22.5 Å². The zero-order valence-electron chi connectivity index (χ0n) is 11.3. The normalized spacial score (nSPS) is 18.2. The van der Waals surface area contributed by atoms with Gasteiger partial charge in [0.05, 0.1) is 11.7 Å². The number of hydrogen-bond donors (Lipinski definition) is 0. The molecule has 102 valence electrons. The summed E-state index contributed by atoms with van der Waals surface area (Å²) in [5.74, 6) is 2.51. The van der Waals surface area contributed by atoms with E-state index in [-0.39, 0.29) is 0 Å². The van der Waals surface area contributed by atoms with Gasteiger partial charge in [-0.25, -0.2) is 4.98 Å². The van der Waals surface area contributed by atoms with Crippen LogP contribution >= 0.6 is 11.6 Å². The Balaban J connectivity index is 2.05. The van der Waals surface area contributed by atoms with Crippen molar-refractivity contribution in [3.8, 4) is 0 Å². The SMILES string of the molecule is CC(C1CCCC1)n1c(CCCl)nc2cnccc21. The Morgan fingerprint density at radius 2 is 2.21 bits per heavy atom. The molecule has 0 spiro atoms. The van der Waals surface area contributed by atoms with Gasteiger partial charge in [0.15, 0.2) is 0 Å². The van der Waals surface area contributed by atoms with Crippen molar-refractivity contribution in [3.63, 3.8) is 0 Å². The topological polar surface area (TPSA) is 30.7 Å². The molecule has 1 aliphatic rings. The van der Waals surface area contributed by atoms with E-state index in [9.17, 15) is 0 Å². The molecule has 4 heteroatoms. The molecule has 2 aromatic rings. The summed E-state index contributed by atoms with van der Waals surface area (Å²) in [5.41, 5.74) is 2.20. The molecule has 2 aromatic heterocycles. The standard InChI is InChI=1S/C15H20ClN3/c1-11(12-4-2-3-5-12)19-14-7-9-17-10-13(14)18-15(19)6-8-16/h7,9-12H,2-6,8H2,1H3. The van der Waals surface area contributed by atoms with Crippen molar-refractivity contribution in [2.75, 3.05) is 5.88 Å². The molecule has 3 nitrogen and oxygen atoms in total. The molecule has 3 rings (SSSR count). The van der Waals surface area contributed by atoms with Gasteiger partial charge >= 0.3 is 0 Å². The van der Waals surface area contributed by atoms with Crippen LogP contribution in [0.25, 0.3) is 11.0 Å². The summed E-state index contributed by atoms with van der Waals surface area (Å²) in [5, 5.41) is 0. The Hall–Kier alpha value is -1.09. The number of aryl methyl sites for hydroxylation is 1. The van der Waals surface area contributed by atoms with Gasteiger partial charge in [-0.2, -0.15) is 0 Å². The first-order valence-corrected chi connectivity index (χ1v) is 7.71. The van der Waals surface area contributed by atoms with E-state index < -0.39 is 0 Å². The smallest absolute Gasteiger partial charge is 0.111 e. The van der Waals surface area contributed by atoms with Crippen LogP contribution in [0.1, 0.15) is 44.5 Å². The van der Waals surface area contributed by atoms with Crippen LogP contribution in [0.4, 0.5) is 0 Å². The number of fused-ring (bicyclic) bond motifs is 1. The van der Waals surface area contributed by atoms with Gasteiger partial charge in [0.1, 0.15) is 11.3 Å². The highest BCUT2D eigenvalue weighted by Crippen LogP contribution is 2.36. The summed E-state index contributed by atoms with van der Waals surface area (Å²) >= 11 is 5.93. The van der Waals surface area contributed by atoms with Crippen molar-refractivity contribution in [1.29, 1.82) is 0 Å². The monoisotopic (exact) mass is 277 g/mol. The summed E-state index contributed by atoms with van der Waals surface area (Å²) in [4.78, 5) is 8.89. The van der Waals surface area contributed by atoms with Crippen LogP contribution in [0.3, 0.4) is 0 Å². The first-order chi connectivity index (χ1) is 9.31. The molecule has 1 saturated carbocycles. The third-order valence-corrected chi connectivity index (χ3v) is 4.56. The Morgan fingerprint density at radius 3 is 2.95 bits per heavy atom. The molecule has 0 saturated heterocycles. The van der Waals surface area contributed by atoms with Crippen LogP contribution < -0.4 is 0 Å². The van der Waals surface area contributed by atoms with E-state index in [1.165, 1.54) is 31.2 Å². The molecule has 19 heavy (non-hydrogen) atoms. The summed E-state index contributed by atoms with van der Waals surface area (Å²) in [6.45, 7) is 2.33. The number of halogens is 1. The fraction of sp³-hybridized carbons (Fsp3) is 0.600. The average Bonchev–Trinajstić information content (AvgIpc) is 3.06. The number of nitrogens with zero attached hydrogens (tertiary/aromatic N) is 3. The first-order valence-electron chi connectivity index (χ1n) is 7.18. The number of hydrogen-bond acceptors (Lipinski definition) is 2. The van der Waals surface area contributed by atoms with Crippen molar-refractivity contribution in [1.82, 2.24) is 14.5 Å². The highest BCUT2D eigenvalue weighted by Gasteiger charge is 2.25. The van der Waals surface area contributed by atoms with Crippen LogP contribution in [0, 0.1) is 5.92 Å². The lowest BCUT2D eigenvalue weighted by atomic mass is 9.99. The van der Waals surface area contributed by atoms with E-state index in [0.717, 1.165) is 23.7 Å². The molecule has 1 aliphatic carbocycles. The predicted octanol–water partition coefficient (Wildman–Crippen LogP) is 3.96. The number of rotatable bonds is 4. The molecule has 0 aromatic carbocycles. The second-order valence-corrected chi connectivity index (χ2v) is 5.86. The van der Waals surface area contributed by atoms with Crippen LogP contribution in [0.5, 0.6) is 0 Å². The fourth-order valence-corrected chi connectivity index (χ4v) is 3.54. The number of imidazole rings is 1. The van der Waals surface area contributed by atoms with Crippen molar-refractivity contribution in [3.05, 3.63) is 24.3 Å². The van der Waals surface area contributed by atoms with Crippen LogP contribution in [0.15, 0.2) is 18.5 Å². The first kappa shape index (κ1) is 12.9. The number of alkyl halides is 1. The second-order valence-electron chi connectivity index (χ2n) is 5.49. The van der Waals surface area contributed by atoms with Crippen molar-refractivity contribution in [2.45, 2.75) is 45.1 Å². The van der Waals surface area contributed by atoms with Crippen molar-refractivity contribution < 1.29 is 0 Å². The van der Waals surface area contributed by atoms with E-state index >= 15 is 0 Å². The lowest BCUT2D eigenvalue weighted by molar-refractivity contribution is 0.360. The van der Waals surface area contributed by atoms with Crippen molar-refractivity contribution in [2.24, 2.45) is 5.92 Å². The van der Waals surface area contributed by atoms with Gasteiger partial charge < -0.3 is 4.57 Å². The highest BCUT2D eigenvalue weighted by molar-refractivity contribution is 6.17. The molecule has 2 heterocycles. The van der Waals surface area contributed by atoms with Gasteiger partial charge in [-0.3, -0.25) is 4.98 Å². The minimum Gasteiger partial charge on any atom is -0.325 e. The molecule has 1 fully saturated rings. The molecule has 0 amide bonds. The van der Waals surface area contributed by atoms with E-state index in [1.807, 2.05) is 12.4 Å². The van der Waals surface area contributed by atoms with Gasteiger partial charge in [-0.15, -0.1) is 11.6 Å². The molecule has 0 aliphatic heterocycles. The molecular formula is C15H20ClN3. The molecule has 0 N–H and O–H groups in total. The van der Waals surface area contributed by atoms with E-state index in [0.29, 0.717) is 11.9 Å². The maximum absolute atomic E-state index is 5.93. The Kier molecular flexibility index (Phi) is 3.74. The Morgan fingerprint density at radius 1 is 1.42 bits per heavy atom. The largest absolute Gasteiger partial charge is 0.325 e. The Labute approximate surface area is 119 Å². The fourth-order valence-electron chi connectivity index (χ4n) is 3.37. The van der Waals surface area contributed by atoms with Crippen LogP contribution in [0.2, 0.25) is 0 Å². The van der Waals surface area contributed by atoms with Gasteiger partial charge in [-0.05, 0) is 31.7 Å². The summed E-state index contributed by atoms with van der Waals surface area (Å²) in [6.07, 6.45) is 9.95. The highest BCUT2D eigenvalue weighted by atomic mass is 35.5. The zero-order valence-corrected chi connectivity index (χ0v) is 12.1. The number of pyridine rings is 1. The zero-order chi connectivity index (χ0) is 13.2. The summed E-state index contributed by atoms with van der Waals surface area (Å²) in [6, 6.07) is 2.58. The average molecular weight is 278 g/mol. The van der Waals surface area contributed by atoms with Gasteiger partial charge in [0, 0.05) is 24.5 Å². The lowest BCUT2D eigenvalue weighted by Crippen LogP contribution is -2.17. The molecule has 1 atom stereocenters.